The van der Waals surface area contributed by atoms with Gasteiger partial charge in [-0.3, -0.25) is 4.79 Å². The number of aryl methyl sites for hydroxylation is 1. The zero-order valence-electron chi connectivity index (χ0n) is 12.4. The number of nitrogens with one attached hydrogen (secondary N) is 1. The van der Waals surface area contributed by atoms with Gasteiger partial charge in [-0.05, 0) is 38.3 Å². The summed E-state index contributed by atoms with van der Waals surface area (Å²) in [5.74, 6) is 0.0958. The van der Waals surface area contributed by atoms with E-state index in [-0.39, 0.29) is 5.91 Å². The van der Waals surface area contributed by atoms with Crippen molar-refractivity contribution in [3.63, 3.8) is 0 Å². The van der Waals surface area contributed by atoms with Gasteiger partial charge in [0.1, 0.15) is 0 Å². The minimum absolute atomic E-state index is 0.0958. The molecular formula is C16H24N2O2. The lowest BCUT2D eigenvalue weighted by atomic mass is 9.99. The van der Waals surface area contributed by atoms with Gasteiger partial charge in [0.25, 0.3) is 5.91 Å². The summed E-state index contributed by atoms with van der Waals surface area (Å²) in [6, 6.07) is 6.01. The number of fused-ring (bicyclic) bond motifs is 1. The van der Waals surface area contributed by atoms with Gasteiger partial charge in [-0.2, -0.15) is 0 Å². The summed E-state index contributed by atoms with van der Waals surface area (Å²) in [6.07, 6.45) is 2.18. The molecule has 2 rings (SSSR count). The van der Waals surface area contributed by atoms with E-state index in [1.54, 1.807) is 0 Å². The molecule has 0 aromatic heterocycles. The van der Waals surface area contributed by atoms with Crippen LogP contribution in [0.3, 0.4) is 0 Å². The first-order valence-corrected chi connectivity index (χ1v) is 7.50. The van der Waals surface area contributed by atoms with Crippen LogP contribution in [0.5, 0.6) is 0 Å². The molecule has 1 amide bonds. The van der Waals surface area contributed by atoms with Gasteiger partial charge in [0.15, 0.2) is 0 Å². The van der Waals surface area contributed by atoms with Crippen LogP contribution in [0.2, 0.25) is 0 Å². The van der Waals surface area contributed by atoms with E-state index >= 15 is 0 Å². The number of hydrogen-bond donors (Lipinski definition) is 1. The highest BCUT2D eigenvalue weighted by molar-refractivity contribution is 6.00. The van der Waals surface area contributed by atoms with Crippen molar-refractivity contribution >= 4 is 11.6 Å². The van der Waals surface area contributed by atoms with Crippen LogP contribution in [0.15, 0.2) is 18.2 Å². The number of hydrogen-bond acceptors (Lipinski definition) is 3. The first-order chi connectivity index (χ1) is 9.77. The smallest absolute Gasteiger partial charge is 0.256 e. The van der Waals surface area contributed by atoms with E-state index in [1.807, 2.05) is 30.9 Å². The number of benzene rings is 1. The molecule has 1 heterocycles. The van der Waals surface area contributed by atoms with Crippen LogP contribution >= 0.6 is 0 Å². The van der Waals surface area contributed by atoms with Crippen LogP contribution in [-0.2, 0) is 11.2 Å². The maximum atomic E-state index is 12.7. The fraction of sp³-hybridized carbons (Fsp3) is 0.562. The second kappa shape index (κ2) is 7.29. The third kappa shape index (κ3) is 3.31. The Kier molecular flexibility index (Phi) is 5.41. The van der Waals surface area contributed by atoms with Crippen LogP contribution < -0.4 is 5.32 Å². The second-order valence-electron chi connectivity index (χ2n) is 4.95. The molecule has 0 spiro atoms. The summed E-state index contributed by atoms with van der Waals surface area (Å²) >= 11 is 0. The lowest BCUT2D eigenvalue weighted by molar-refractivity contribution is 0.0670. The summed E-state index contributed by atoms with van der Waals surface area (Å²) in [6.45, 7) is 7.56. The van der Waals surface area contributed by atoms with Crippen LogP contribution in [-0.4, -0.2) is 43.7 Å². The number of nitrogens with zero attached hydrogens (tertiary/aromatic N) is 1. The molecule has 0 fully saturated rings. The van der Waals surface area contributed by atoms with Gasteiger partial charge in [0, 0.05) is 26.2 Å². The first kappa shape index (κ1) is 14.9. The van der Waals surface area contributed by atoms with E-state index in [0.717, 1.165) is 30.6 Å². The molecule has 1 aliphatic heterocycles. The molecule has 0 radical (unpaired) electrons. The standard InChI is InChI=1S/C16H24N2O2/c1-3-18(11-12-20-4-2)16(19)14-9-5-7-13-8-6-10-17-15(13)14/h5,7,9,17H,3-4,6,8,10-12H2,1-2H3. The van der Waals surface area contributed by atoms with Crippen molar-refractivity contribution in [1.29, 1.82) is 0 Å². The number of likely N-dealkylation sites (N-methyl/N-ethyl adjacent to an activating group) is 1. The topological polar surface area (TPSA) is 41.6 Å². The zero-order valence-corrected chi connectivity index (χ0v) is 12.4. The lowest BCUT2D eigenvalue weighted by Crippen LogP contribution is -2.34. The Balaban J connectivity index is 2.15. The minimum Gasteiger partial charge on any atom is -0.384 e. The summed E-state index contributed by atoms with van der Waals surface area (Å²) in [5.41, 5.74) is 3.07. The van der Waals surface area contributed by atoms with Crippen molar-refractivity contribution in [2.24, 2.45) is 0 Å². The van der Waals surface area contributed by atoms with Crippen molar-refractivity contribution in [2.75, 3.05) is 38.2 Å². The molecule has 0 saturated carbocycles. The number of anilines is 1. The maximum Gasteiger partial charge on any atom is 0.256 e. The predicted molar refractivity (Wildman–Crippen MR) is 81.3 cm³/mol. The highest BCUT2D eigenvalue weighted by atomic mass is 16.5. The summed E-state index contributed by atoms with van der Waals surface area (Å²) in [4.78, 5) is 14.5. The molecule has 1 aromatic rings. The molecule has 1 N–H and O–H groups in total. The van der Waals surface area contributed by atoms with Gasteiger partial charge in [0.05, 0.1) is 17.9 Å². The van der Waals surface area contributed by atoms with E-state index in [0.29, 0.717) is 26.3 Å². The molecule has 4 heteroatoms. The zero-order chi connectivity index (χ0) is 14.4. The first-order valence-electron chi connectivity index (χ1n) is 7.50. The Labute approximate surface area is 121 Å². The quantitative estimate of drug-likeness (QED) is 0.812. The molecule has 0 bridgehead atoms. The van der Waals surface area contributed by atoms with Crippen LogP contribution in [0.1, 0.15) is 36.2 Å². The van der Waals surface area contributed by atoms with E-state index in [2.05, 4.69) is 11.4 Å². The number of amides is 1. The second-order valence-corrected chi connectivity index (χ2v) is 4.95. The predicted octanol–water partition coefficient (Wildman–Crippen LogP) is 2.54. The van der Waals surface area contributed by atoms with Crippen molar-refractivity contribution < 1.29 is 9.53 Å². The lowest BCUT2D eigenvalue weighted by Gasteiger charge is -2.25. The van der Waals surface area contributed by atoms with Gasteiger partial charge >= 0.3 is 0 Å². The Morgan fingerprint density at radius 2 is 2.25 bits per heavy atom. The number of para-hydroxylation sites is 1. The third-order valence-corrected chi connectivity index (χ3v) is 3.68. The maximum absolute atomic E-state index is 12.7. The van der Waals surface area contributed by atoms with Gasteiger partial charge in [0.2, 0.25) is 0 Å². The molecule has 1 aromatic carbocycles. The molecule has 0 aliphatic carbocycles. The molecule has 0 saturated heterocycles. The molecule has 20 heavy (non-hydrogen) atoms. The van der Waals surface area contributed by atoms with Crippen molar-refractivity contribution in [3.05, 3.63) is 29.3 Å². The molecule has 110 valence electrons. The largest absolute Gasteiger partial charge is 0.384 e. The van der Waals surface area contributed by atoms with Gasteiger partial charge in [-0.25, -0.2) is 0 Å². The van der Waals surface area contributed by atoms with Gasteiger partial charge < -0.3 is 15.0 Å². The molecule has 0 atom stereocenters. The van der Waals surface area contributed by atoms with E-state index in [4.69, 9.17) is 4.74 Å². The Hall–Kier alpha value is -1.55. The summed E-state index contributed by atoms with van der Waals surface area (Å²) in [7, 11) is 0. The average Bonchev–Trinajstić information content (AvgIpc) is 2.50. The summed E-state index contributed by atoms with van der Waals surface area (Å²) in [5, 5.41) is 3.38. The van der Waals surface area contributed by atoms with Crippen molar-refractivity contribution in [2.45, 2.75) is 26.7 Å². The SMILES string of the molecule is CCOCCN(CC)C(=O)c1cccc2c1NCCC2. The number of carbonyl (C=O) groups is 1. The Bertz CT molecular complexity index is 460. The number of carbonyl (C=O) groups excluding carboxylic acids is 1. The van der Waals surface area contributed by atoms with E-state index in [1.165, 1.54) is 5.56 Å². The Morgan fingerprint density at radius 1 is 1.40 bits per heavy atom. The van der Waals surface area contributed by atoms with Gasteiger partial charge in [-0.15, -0.1) is 0 Å². The van der Waals surface area contributed by atoms with Crippen LogP contribution in [0.25, 0.3) is 0 Å². The fourth-order valence-electron chi connectivity index (χ4n) is 2.58. The van der Waals surface area contributed by atoms with Crippen molar-refractivity contribution in [1.82, 2.24) is 4.90 Å². The number of ether oxygens (including phenoxy) is 1. The van der Waals surface area contributed by atoms with Gasteiger partial charge in [-0.1, -0.05) is 12.1 Å². The molecule has 4 nitrogen and oxygen atoms in total. The van der Waals surface area contributed by atoms with Crippen molar-refractivity contribution in [3.8, 4) is 0 Å². The highest BCUT2D eigenvalue weighted by Gasteiger charge is 2.20. The monoisotopic (exact) mass is 276 g/mol. The summed E-state index contributed by atoms with van der Waals surface area (Å²) < 4.78 is 5.35. The minimum atomic E-state index is 0.0958. The molecular weight excluding hydrogens is 252 g/mol. The highest BCUT2D eigenvalue weighted by Crippen LogP contribution is 2.27. The third-order valence-electron chi connectivity index (χ3n) is 3.68. The molecule has 0 unspecified atom stereocenters. The van der Waals surface area contributed by atoms with E-state index in [9.17, 15) is 4.79 Å². The average molecular weight is 276 g/mol. The van der Waals surface area contributed by atoms with Crippen LogP contribution in [0.4, 0.5) is 5.69 Å². The Morgan fingerprint density at radius 3 is 3.00 bits per heavy atom. The van der Waals surface area contributed by atoms with Crippen LogP contribution in [0, 0.1) is 0 Å². The number of rotatable bonds is 6. The van der Waals surface area contributed by atoms with E-state index < -0.39 is 0 Å². The normalized spacial score (nSPS) is 13.5. The molecule has 1 aliphatic rings. The fourth-order valence-corrected chi connectivity index (χ4v) is 2.58.